The molecule has 2 heterocycles. The van der Waals surface area contributed by atoms with Crippen molar-refractivity contribution < 1.29 is 28.9 Å². The van der Waals surface area contributed by atoms with Gasteiger partial charge in [0.1, 0.15) is 5.76 Å². The second-order valence-electron chi connectivity index (χ2n) is 8.96. The molecule has 1 fully saturated rings. The Morgan fingerprint density at radius 3 is 2.13 bits per heavy atom. The van der Waals surface area contributed by atoms with E-state index in [-0.39, 0.29) is 11.3 Å². The molecule has 3 aromatic carbocycles. The van der Waals surface area contributed by atoms with E-state index in [1.165, 1.54) is 37.6 Å². The summed E-state index contributed by atoms with van der Waals surface area (Å²) in [6.45, 7) is 3.90. The van der Waals surface area contributed by atoms with Gasteiger partial charge in [-0.25, -0.2) is 4.98 Å². The van der Waals surface area contributed by atoms with Gasteiger partial charge in [-0.1, -0.05) is 47.2 Å². The number of ketones is 1. The SMILES string of the molecule is COc1cc(C2/C(=C(\O)c3ccc(C)cc3)C(=O)C(=O)N2c2nc3ccc(C)cc3s2)cc(OC)c1OC. The van der Waals surface area contributed by atoms with Gasteiger partial charge in [-0.05, 0) is 49.2 Å². The molecule has 1 atom stereocenters. The lowest BCUT2D eigenvalue weighted by Gasteiger charge is -2.24. The summed E-state index contributed by atoms with van der Waals surface area (Å²) in [5.74, 6) is -0.804. The Kier molecular flexibility index (Phi) is 6.54. The zero-order valence-corrected chi connectivity index (χ0v) is 22.4. The molecular weight excluding hydrogens is 504 g/mol. The van der Waals surface area contributed by atoms with Gasteiger partial charge in [-0.15, -0.1) is 0 Å². The number of aryl methyl sites for hydroxylation is 2. The topological polar surface area (TPSA) is 98.2 Å². The lowest BCUT2D eigenvalue weighted by atomic mass is 9.94. The smallest absolute Gasteiger partial charge is 0.301 e. The van der Waals surface area contributed by atoms with Crippen LogP contribution < -0.4 is 19.1 Å². The van der Waals surface area contributed by atoms with Crippen LogP contribution in [0.3, 0.4) is 0 Å². The highest BCUT2D eigenvalue weighted by molar-refractivity contribution is 7.22. The Balaban J connectivity index is 1.78. The number of carbonyl (C=O) groups is 2. The largest absolute Gasteiger partial charge is 0.507 e. The summed E-state index contributed by atoms with van der Waals surface area (Å²) in [5.41, 5.74) is 3.61. The quantitative estimate of drug-likeness (QED) is 0.198. The number of hydrogen-bond acceptors (Lipinski definition) is 8. The first kappa shape index (κ1) is 25.3. The molecule has 1 aromatic heterocycles. The van der Waals surface area contributed by atoms with E-state index >= 15 is 0 Å². The van der Waals surface area contributed by atoms with Gasteiger partial charge in [0.15, 0.2) is 16.6 Å². The molecule has 0 bridgehead atoms. The van der Waals surface area contributed by atoms with Gasteiger partial charge in [0.2, 0.25) is 5.75 Å². The fourth-order valence-electron chi connectivity index (χ4n) is 4.59. The average Bonchev–Trinajstić information content (AvgIpc) is 3.45. The highest BCUT2D eigenvalue weighted by atomic mass is 32.1. The number of fused-ring (bicyclic) bond motifs is 1. The highest BCUT2D eigenvalue weighted by Gasteiger charge is 2.48. The number of aliphatic hydroxyl groups excluding tert-OH is 1. The number of aliphatic hydroxyl groups is 1. The van der Waals surface area contributed by atoms with Gasteiger partial charge >= 0.3 is 5.91 Å². The number of thiazole rings is 1. The third kappa shape index (κ3) is 4.14. The van der Waals surface area contributed by atoms with Crippen LogP contribution in [0.25, 0.3) is 16.0 Å². The number of rotatable bonds is 6. The molecule has 1 unspecified atom stereocenters. The van der Waals surface area contributed by atoms with Crippen molar-refractivity contribution in [1.29, 1.82) is 0 Å². The maximum atomic E-state index is 13.6. The minimum absolute atomic E-state index is 0.0523. The Morgan fingerprint density at radius 1 is 0.895 bits per heavy atom. The molecule has 9 heteroatoms. The van der Waals surface area contributed by atoms with Crippen molar-refractivity contribution in [1.82, 2.24) is 4.98 Å². The number of anilines is 1. The van der Waals surface area contributed by atoms with Crippen LogP contribution in [0.2, 0.25) is 0 Å². The summed E-state index contributed by atoms with van der Waals surface area (Å²) in [4.78, 5) is 33.1. The number of ether oxygens (including phenoxy) is 3. The fraction of sp³-hybridized carbons (Fsp3) is 0.207. The predicted octanol–water partition coefficient (Wildman–Crippen LogP) is 5.57. The molecular formula is C29H26N2O6S. The van der Waals surface area contributed by atoms with E-state index in [1.54, 1.807) is 24.3 Å². The van der Waals surface area contributed by atoms with Crippen molar-refractivity contribution >= 4 is 44.1 Å². The van der Waals surface area contributed by atoms with Crippen LogP contribution in [-0.4, -0.2) is 43.1 Å². The third-order valence-electron chi connectivity index (χ3n) is 6.51. The molecule has 38 heavy (non-hydrogen) atoms. The number of amides is 1. The van der Waals surface area contributed by atoms with Crippen molar-refractivity contribution in [2.45, 2.75) is 19.9 Å². The summed E-state index contributed by atoms with van der Waals surface area (Å²) in [5, 5.41) is 11.7. The standard InChI is InChI=1S/C29H26N2O6S/c1-15-6-9-17(10-7-15)25(32)23-24(18-13-20(35-3)27(37-5)21(14-18)36-4)31(28(34)26(23)33)29-30-19-11-8-16(2)12-22(19)38-29/h6-14,24,32H,1-5H3/b25-23+. The number of nitrogens with zero attached hydrogens (tertiary/aromatic N) is 2. The van der Waals surface area contributed by atoms with Crippen molar-refractivity contribution in [2.75, 3.05) is 26.2 Å². The molecule has 8 nitrogen and oxygen atoms in total. The van der Waals surface area contributed by atoms with Crippen molar-refractivity contribution in [3.63, 3.8) is 0 Å². The predicted molar refractivity (Wildman–Crippen MR) is 146 cm³/mol. The Labute approximate surface area is 223 Å². The summed E-state index contributed by atoms with van der Waals surface area (Å²) in [6, 6.07) is 15.2. The number of carbonyl (C=O) groups excluding carboxylic acids is 2. The summed E-state index contributed by atoms with van der Waals surface area (Å²) < 4.78 is 17.4. The molecule has 5 rings (SSSR count). The zero-order valence-electron chi connectivity index (χ0n) is 21.6. The van der Waals surface area contributed by atoms with Crippen molar-refractivity contribution in [3.05, 3.63) is 82.4 Å². The van der Waals surface area contributed by atoms with Crippen LogP contribution in [0.5, 0.6) is 17.2 Å². The van der Waals surface area contributed by atoms with Crippen LogP contribution in [0, 0.1) is 13.8 Å². The number of Topliss-reactive ketones (excluding diaryl/α,β-unsaturated/α-hetero) is 1. The first-order chi connectivity index (χ1) is 18.3. The second-order valence-corrected chi connectivity index (χ2v) is 9.97. The third-order valence-corrected chi connectivity index (χ3v) is 7.53. The molecule has 1 aliphatic heterocycles. The lowest BCUT2D eigenvalue weighted by molar-refractivity contribution is -0.132. The Morgan fingerprint density at radius 2 is 1.53 bits per heavy atom. The minimum atomic E-state index is -0.994. The van der Waals surface area contributed by atoms with Crippen molar-refractivity contribution in [2.24, 2.45) is 0 Å². The molecule has 194 valence electrons. The molecule has 4 aromatic rings. The van der Waals surface area contributed by atoms with Crippen LogP contribution in [0.4, 0.5) is 5.13 Å². The number of aromatic nitrogens is 1. The molecule has 0 radical (unpaired) electrons. The lowest BCUT2D eigenvalue weighted by Crippen LogP contribution is -2.29. The van der Waals surface area contributed by atoms with Gasteiger partial charge in [-0.3, -0.25) is 14.5 Å². The Hall–Kier alpha value is -4.37. The van der Waals surface area contributed by atoms with E-state index in [0.717, 1.165) is 15.8 Å². The maximum Gasteiger partial charge on any atom is 0.301 e. The van der Waals surface area contributed by atoms with E-state index < -0.39 is 17.7 Å². The second kappa shape index (κ2) is 9.83. The van der Waals surface area contributed by atoms with E-state index in [9.17, 15) is 14.7 Å². The summed E-state index contributed by atoms with van der Waals surface area (Å²) >= 11 is 1.30. The van der Waals surface area contributed by atoms with E-state index in [4.69, 9.17) is 14.2 Å². The zero-order chi connectivity index (χ0) is 27.1. The molecule has 1 amide bonds. The van der Waals surface area contributed by atoms with E-state index in [1.807, 2.05) is 44.2 Å². The number of hydrogen-bond donors (Lipinski definition) is 1. The molecule has 1 N–H and O–H groups in total. The highest BCUT2D eigenvalue weighted by Crippen LogP contribution is 2.48. The molecule has 1 saturated heterocycles. The first-order valence-corrected chi connectivity index (χ1v) is 12.6. The summed E-state index contributed by atoms with van der Waals surface area (Å²) in [7, 11) is 4.47. The normalized spacial score (nSPS) is 16.8. The monoisotopic (exact) mass is 530 g/mol. The van der Waals surface area contributed by atoms with Crippen LogP contribution in [0.15, 0.2) is 60.2 Å². The van der Waals surface area contributed by atoms with Gasteiger partial charge in [0, 0.05) is 5.56 Å². The van der Waals surface area contributed by atoms with Crippen molar-refractivity contribution in [3.8, 4) is 17.2 Å². The summed E-state index contributed by atoms with van der Waals surface area (Å²) in [6.07, 6.45) is 0. The Bertz CT molecular complexity index is 1580. The number of methoxy groups -OCH3 is 3. The number of benzene rings is 3. The van der Waals surface area contributed by atoms with E-state index in [2.05, 4.69) is 4.98 Å². The molecule has 0 saturated carbocycles. The van der Waals surface area contributed by atoms with Gasteiger partial charge in [-0.2, -0.15) is 0 Å². The van der Waals surface area contributed by atoms with Crippen LogP contribution >= 0.6 is 11.3 Å². The minimum Gasteiger partial charge on any atom is -0.507 e. The fourth-order valence-corrected chi connectivity index (χ4v) is 5.68. The first-order valence-electron chi connectivity index (χ1n) is 11.8. The van der Waals surface area contributed by atoms with Crippen LogP contribution in [-0.2, 0) is 9.59 Å². The van der Waals surface area contributed by atoms with Gasteiger partial charge < -0.3 is 19.3 Å². The molecule has 0 aliphatic carbocycles. The average molecular weight is 531 g/mol. The van der Waals surface area contributed by atoms with Gasteiger partial charge in [0.05, 0.1) is 43.2 Å². The van der Waals surface area contributed by atoms with Gasteiger partial charge in [0.25, 0.3) is 5.78 Å². The molecule has 1 aliphatic rings. The maximum absolute atomic E-state index is 13.6. The van der Waals surface area contributed by atoms with Crippen LogP contribution in [0.1, 0.15) is 28.3 Å². The van der Waals surface area contributed by atoms with E-state index in [0.29, 0.717) is 39.0 Å². The molecule has 0 spiro atoms.